The van der Waals surface area contributed by atoms with Crippen LogP contribution in [0.2, 0.25) is 0 Å². The molecule has 1 aliphatic carbocycles. The molecule has 0 radical (unpaired) electrons. The molecule has 0 aromatic heterocycles. The summed E-state index contributed by atoms with van der Waals surface area (Å²) >= 11 is 0. The normalized spacial score (nSPS) is 17.7. The molecule has 32 heavy (non-hydrogen) atoms. The van der Waals surface area contributed by atoms with Crippen LogP contribution in [-0.2, 0) is 13.0 Å². The number of Topliss-reactive ketones (excluding diaryl/α,β-unsaturated/α-hetero) is 1. The van der Waals surface area contributed by atoms with E-state index >= 15 is 0 Å². The fraction of sp³-hybridized carbons (Fsp3) is 0.458. The molecule has 0 spiro atoms. The Balaban J connectivity index is 0.00000240. The van der Waals surface area contributed by atoms with Gasteiger partial charge in [0, 0.05) is 18.0 Å². The average Bonchev–Trinajstić information content (AvgIpc) is 3.03. The van der Waals surface area contributed by atoms with E-state index in [1.54, 1.807) is 14.2 Å². The van der Waals surface area contributed by atoms with E-state index in [4.69, 9.17) is 9.47 Å². The van der Waals surface area contributed by atoms with Crippen LogP contribution in [0.5, 0.6) is 11.5 Å². The molecule has 0 amide bonds. The van der Waals surface area contributed by atoms with Crippen LogP contribution < -0.4 is 9.47 Å². The first-order valence-electron chi connectivity index (χ1n) is 10.2. The summed E-state index contributed by atoms with van der Waals surface area (Å²) in [5.41, 5.74) is 3.31. The molecule has 1 aliphatic heterocycles. The number of ether oxygens (including phenoxy) is 2. The maximum atomic E-state index is 12.9. The van der Waals surface area contributed by atoms with Crippen LogP contribution in [-0.4, -0.2) is 59.9 Å². The van der Waals surface area contributed by atoms with Crippen molar-refractivity contribution in [3.8, 4) is 11.5 Å². The second-order valence-corrected chi connectivity index (χ2v) is 8.07. The molecule has 0 saturated carbocycles. The van der Waals surface area contributed by atoms with Gasteiger partial charge in [0.25, 0.3) is 0 Å². The summed E-state index contributed by atoms with van der Waals surface area (Å²) in [6.45, 7) is 3.27. The highest BCUT2D eigenvalue weighted by Gasteiger charge is 2.34. The summed E-state index contributed by atoms with van der Waals surface area (Å²) in [5.74, 6) is 2.38. The Labute approximate surface area is 189 Å². The maximum Gasteiger partial charge on any atom is 0.166 e. The molecular formula is C24H37NO7. The summed E-state index contributed by atoms with van der Waals surface area (Å²) in [4.78, 5) is 15.5. The molecule has 2 aliphatic rings. The average molecular weight is 452 g/mol. The minimum atomic E-state index is 0. The van der Waals surface area contributed by atoms with Crippen LogP contribution in [0.3, 0.4) is 0 Å². The number of carbonyl (C=O) groups is 1. The zero-order valence-electron chi connectivity index (χ0n) is 18.8. The number of rotatable bonds is 6. The van der Waals surface area contributed by atoms with Gasteiger partial charge in [-0.25, -0.2) is 0 Å². The molecule has 4 rings (SSSR count). The summed E-state index contributed by atoms with van der Waals surface area (Å²) in [6, 6.07) is 14.5. The van der Waals surface area contributed by atoms with Gasteiger partial charge in [0.1, 0.15) is 0 Å². The number of piperidine rings is 1. The number of methoxy groups -OCH3 is 2. The van der Waals surface area contributed by atoms with E-state index in [2.05, 4.69) is 35.2 Å². The van der Waals surface area contributed by atoms with E-state index in [0.29, 0.717) is 17.4 Å². The highest BCUT2D eigenvalue weighted by atomic mass is 16.5. The minimum Gasteiger partial charge on any atom is -0.493 e. The largest absolute Gasteiger partial charge is 0.493 e. The molecule has 8 N–H and O–H groups in total. The van der Waals surface area contributed by atoms with Crippen molar-refractivity contribution in [3.05, 3.63) is 59.2 Å². The van der Waals surface area contributed by atoms with Gasteiger partial charge in [-0.2, -0.15) is 0 Å². The first-order chi connectivity index (χ1) is 13.7. The molecular weight excluding hydrogens is 414 g/mol. The van der Waals surface area contributed by atoms with Crippen molar-refractivity contribution in [2.45, 2.75) is 32.2 Å². The Bertz CT molecular complexity index is 836. The monoisotopic (exact) mass is 451 g/mol. The number of benzene rings is 2. The quantitative estimate of drug-likeness (QED) is 0.641. The van der Waals surface area contributed by atoms with Crippen molar-refractivity contribution in [1.82, 2.24) is 4.90 Å². The third-order valence-corrected chi connectivity index (χ3v) is 6.29. The smallest absolute Gasteiger partial charge is 0.166 e. The van der Waals surface area contributed by atoms with Gasteiger partial charge in [-0.1, -0.05) is 30.3 Å². The van der Waals surface area contributed by atoms with Crippen molar-refractivity contribution < 1.29 is 36.2 Å². The van der Waals surface area contributed by atoms with Crippen molar-refractivity contribution >= 4 is 5.78 Å². The topological polar surface area (TPSA) is 165 Å². The molecule has 1 fully saturated rings. The molecule has 8 nitrogen and oxygen atoms in total. The Morgan fingerprint density at radius 3 is 2.09 bits per heavy atom. The first kappa shape index (κ1) is 29.5. The second kappa shape index (κ2) is 13.1. The molecule has 2 aromatic rings. The SMILES string of the molecule is COc1cc2c(cc1OC)C(=O)C(CC1CCN(Cc3ccccc3)CC1)C2.O.O.O.O. The number of ketones is 1. The number of nitrogens with zero attached hydrogens (tertiary/aromatic N) is 1. The van der Waals surface area contributed by atoms with E-state index in [-0.39, 0.29) is 33.6 Å². The summed E-state index contributed by atoms with van der Waals surface area (Å²) in [6.07, 6.45) is 4.19. The highest BCUT2D eigenvalue weighted by Crippen LogP contribution is 2.39. The molecule has 1 saturated heterocycles. The van der Waals surface area contributed by atoms with Gasteiger partial charge in [0.15, 0.2) is 17.3 Å². The van der Waals surface area contributed by atoms with Crippen LogP contribution in [0.15, 0.2) is 42.5 Å². The van der Waals surface area contributed by atoms with E-state index in [1.165, 1.54) is 18.4 Å². The van der Waals surface area contributed by atoms with Gasteiger partial charge >= 0.3 is 0 Å². The van der Waals surface area contributed by atoms with Crippen LogP contribution in [0.4, 0.5) is 0 Å². The standard InChI is InChI=1S/C24H29NO3.4H2O/c1-27-22-14-19-13-20(24(26)21(19)15-23(22)28-2)12-17-8-10-25(11-9-17)16-18-6-4-3-5-7-18;;;;/h3-7,14-15,17,20H,8-13,16H2,1-2H3;4*1H2. The summed E-state index contributed by atoms with van der Waals surface area (Å²) in [7, 11) is 3.26. The number of likely N-dealkylation sites (tertiary alicyclic amines) is 1. The molecule has 1 atom stereocenters. The van der Waals surface area contributed by atoms with Crippen LogP contribution in [0.1, 0.15) is 40.7 Å². The van der Waals surface area contributed by atoms with E-state index in [1.807, 2.05) is 12.1 Å². The van der Waals surface area contributed by atoms with Gasteiger partial charge in [0.05, 0.1) is 14.2 Å². The Hall–Kier alpha value is -2.49. The Morgan fingerprint density at radius 2 is 1.50 bits per heavy atom. The Morgan fingerprint density at radius 1 is 0.906 bits per heavy atom. The fourth-order valence-electron chi connectivity index (χ4n) is 4.71. The zero-order chi connectivity index (χ0) is 19.5. The van der Waals surface area contributed by atoms with Gasteiger partial charge in [-0.15, -0.1) is 0 Å². The second-order valence-electron chi connectivity index (χ2n) is 8.07. The van der Waals surface area contributed by atoms with E-state index < -0.39 is 0 Å². The lowest BCUT2D eigenvalue weighted by atomic mass is 9.85. The number of carbonyl (C=O) groups excluding carboxylic acids is 1. The molecule has 8 heteroatoms. The maximum absolute atomic E-state index is 12.9. The van der Waals surface area contributed by atoms with E-state index in [9.17, 15) is 4.79 Å². The number of fused-ring (bicyclic) bond motifs is 1. The summed E-state index contributed by atoms with van der Waals surface area (Å²) < 4.78 is 10.8. The van der Waals surface area contributed by atoms with Crippen molar-refractivity contribution in [3.63, 3.8) is 0 Å². The lowest BCUT2D eigenvalue weighted by Crippen LogP contribution is -2.34. The lowest BCUT2D eigenvalue weighted by molar-refractivity contribution is 0.0895. The first-order valence-corrected chi connectivity index (χ1v) is 10.2. The van der Waals surface area contributed by atoms with Gasteiger partial charge in [-0.3, -0.25) is 9.69 Å². The predicted molar refractivity (Wildman–Crippen MR) is 125 cm³/mol. The van der Waals surface area contributed by atoms with E-state index in [0.717, 1.165) is 43.6 Å². The highest BCUT2D eigenvalue weighted by molar-refractivity contribution is 6.02. The van der Waals surface area contributed by atoms with Gasteiger partial charge < -0.3 is 31.4 Å². The third kappa shape index (κ3) is 6.27. The summed E-state index contributed by atoms with van der Waals surface area (Å²) in [5, 5.41) is 0. The zero-order valence-corrected chi connectivity index (χ0v) is 18.8. The van der Waals surface area contributed by atoms with Crippen molar-refractivity contribution in [1.29, 1.82) is 0 Å². The van der Waals surface area contributed by atoms with Crippen molar-refractivity contribution in [2.24, 2.45) is 11.8 Å². The van der Waals surface area contributed by atoms with Crippen LogP contribution >= 0.6 is 0 Å². The Kier molecular flexibility index (Phi) is 12.1. The van der Waals surface area contributed by atoms with Gasteiger partial charge in [0.2, 0.25) is 0 Å². The van der Waals surface area contributed by atoms with Crippen LogP contribution in [0, 0.1) is 11.8 Å². The molecule has 0 bridgehead atoms. The lowest BCUT2D eigenvalue weighted by Gasteiger charge is -2.32. The fourth-order valence-corrected chi connectivity index (χ4v) is 4.71. The number of hydrogen-bond donors (Lipinski definition) is 0. The molecule has 180 valence electrons. The minimum absolute atomic E-state index is 0. The number of hydrogen-bond acceptors (Lipinski definition) is 4. The van der Waals surface area contributed by atoms with Gasteiger partial charge in [-0.05, 0) is 68.0 Å². The molecule has 2 aromatic carbocycles. The third-order valence-electron chi connectivity index (χ3n) is 6.29. The van der Waals surface area contributed by atoms with Crippen molar-refractivity contribution in [2.75, 3.05) is 27.3 Å². The molecule has 1 heterocycles. The molecule has 1 unspecified atom stereocenters. The van der Waals surface area contributed by atoms with Crippen LogP contribution in [0.25, 0.3) is 0 Å². The predicted octanol–water partition coefficient (Wildman–Crippen LogP) is 1.06.